The van der Waals surface area contributed by atoms with Gasteiger partial charge in [-0.05, 0) is 44.0 Å². The molecule has 0 radical (unpaired) electrons. The lowest BCUT2D eigenvalue weighted by Gasteiger charge is -2.25. The number of aryl methyl sites for hydroxylation is 1. The minimum Gasteiger partial charge on any atom is -0.494 e. The van der Waals surface area contributed by atoms with Gasteiger partial charge in [0, 0.05) is 5.56 Å². The molecule has 0 N–H and O–H groups in total. The number of rotatable bonds is 4. The molecule has 0 bridgehead atoms. The van der Waals surface area contributed by atoms with Crippen LogP contribution in [0.15, 0.2) is 18.2 Å². The number of hydrogen-bond acceptors (Lipinski definition) is 3. The molecular formula is C14H20O3. The van der Waals surface area contributed by atoms with E-state index in [1.165, 1.54) is 0 Å². The molecule has 1 aromatic carbocycles. The molecule has 1 aromatic rings. The monoisotopic (exact) mass is 236 g/mol. The highest BCUT2D eigenvalue weighted by Crippen LogP contribution is 2.34. The summed E-state index contributed by atoms with van der Waals surface area (Å²) in [7, 11) is 0. The molecule has 0 aromatic heterocycles. The maximum atomic E-state index is 5.67. The van der Waals surface area contributed by atoms with E-state index in [1.807, 2.05) is 25.1 Å². The Morgan fingerprint density at radius 1 is 1.29 bits per heavy atom. The van der Waals surface area contributed by atoms with Crippen molar-refractivity contribution < 1.29 is 14.2 Å². The van der Waals surface area contributed by atoms with E-state index in [9.17, 15) is 0 Å². The van der Waals surface area contributed by atoms with Gasteiger partial charge >= 0.3 is 0 Å². The fourth-order valence-electron chi connectivity index (χ4n) is 2.13. The van der Waals surface area contributed by atoms with Crippen LogP contribution in [-0.2, 0) is 15.3 Å². The van der Waals surface area contributed by atoms with Crippen molar-refractivity contribution in [3.63, 3.8) is 0 Å². The van der Waals surface area contributed by atoms with Crippen molar-refractivity contribution >= 4 is 0 Å². The molecule has 1 heterocycles. The van der Waals surface area contributed by atoms with Gasteiger partial charge < -0.3 is 14.2 Å². The van der Waals surface area contributed by atoms with Gasteiger partial charge in [0.2, 0.25) is 0 Å². The predicted octanol–water partition coefficient (Wildman–Crippen LogP) is 3.00. The lowest BCUT2D eigenvalue weighted by molar-refractivity contribution is -0.150. The zero-order valence-electron chi connectivity index (χ0n) is 10.8. The molecule has 0 spiro atoms. The third-order valence-electron chi connectivity index (χ3n) is 3.00. The third-order valence-corrected chi connectivity index (χ3v) is 3.00. The molecule has 0 aliphatic carbocycles. The van der Waals surface area contributed by atoms with Crippen molar-refractivity contribution in [1.82, 2.24) is 0 Å². The average Bonchev–Trinajstić information content (AvgIpc) is 2.74. The summed E-state index contributed by atoms with van der Waals surface area (Å²) in [6.07, 6.45) is 1.02. The molecular weight excluding hydrogens is 216 g/mol. The SMILES string of the molecule is CCCOc1ccc(C2(C)OCCO2)c(C)c1. The molecule has 0 amide bonds. The fourth-order valence-corrected chi connectivity index (χ4v) is 2.13. The Morgan fingerprint density at radius 2 is 2.00 bits per heavy atom. The molecule has 0 atom stereocenters. The quantitative estimate of drug-likeness (QED) is 0.804. The van der Waals surface area contributed by atoms with Crippen LogP contribution in [0.2, 0.25) is 0 Å². The van der Waals surface area contributed by atoms with Gasteiger partial charge in [0.25, 0.3) is 0 Å². The minimum atomic E-state index is -0.590. The second kappa shape index (κ2) is 5.07. The summed E-state index contributed by atoms with van der Waals surface area (Å²) >= 11 is 0. The topological polar surface area (TPSA) is 27.7 Å². The highest BCUT2D eigenvalue weighted by molar-refractivity contribution is 5.37. The smallest absolute Gasteiger partial charge is 0.192 e. The second-order valence-electron chi connectivity index (χ2n) is 4.47. The van der Waals surface area contributed by atoms with E-state index in [0.29, 0.717) is 13.2 Å². The minimum absolute atomic E-state index is 0.590. The van der Waals surface area contributed by atoms with Gasteiger partial charge in [-0.25, -0.2) is 0 Å². The van der Waals surface area contributed by atoms with E-state index in [4.69, 9.17) is 14.2 Å². The van der Waals surface area contributed by atoms with E-state index >= 15 is 0 Å². The number of hydrogen-bond donors (Lipinski definition) is 0. The number of ether oxygens (including phenoxy) is 3. The van der Waals surface area contributed by atoms with Crippen LogP contribution >= 0.6 is 0 Å². The maximum absolute atomic E-state index is 5.67. The van der Waals surface area contributed by atoms with Crippen LogP contribution in [0.4, 0.5) is 0 Å². The predicted molar refractivity (Wildman–Crippen MR) is 66.2 cm³/mol. The van der Waals surface area contributed by atoms with Crippen LogP contribution < -0.4 is 4.74 Å². The summed E-state index contributed by atoms with van der Waals surface area (Å²) in [4.78, 5) is 0. The first kappa shape index (κ1) is 12.4. The first-order valence-corrected chi connectivity index (χ1v) is 6.17. The van der Waals surface area contributed by atoms with Crippen LogP contribution in [-0.4, -0.2) is 19.8 Å². The summed E-state index contributed by atoms with van der Waals surface area (Å²) in [5.74, 6) is 0.322. The molecule has 1 saturated heterocycles. The summed E-state index contributed by atoms with van der Waals surface area (Å²) in [6.45, 7) is 8.19. The Morgan fingerprint density at radius 3 is 2.59 bits per heavy atom. The Labute approximate surface area is 103 Å². The summed E-state index contributed by atoms with van der Waals surface area (Å²) in [6, 6.07) is 6.06. The van der Waals surface area contributed by atoms with E-state index in [0.717, 1.165) is 29.9 Å². The first-order chi connectivity index (χ1) is 8.15. The second-order valence-corrected chi connectivity index (χ2v) is 4.47. The van der Waals surface area contributed by atoms with Crippen molar-refractivity contribution in [2.75, 3.05) is 19.8 Å². The van der Waals surface area contributed by atoms with Crippen LogP contribution in [0.3, 0.4) is 0 Å². The van der Waals surface area contributed by atoms with Crippen molar-refractivity contribution in [2.24, 2.45) is 0 Å². The average molecular weight is 236 g/mol. The molecule has 3 heteroatoms. The van der Waals surface area contributed by atoms with Gasteiger partial charge in [0.15, 0.2) is 5.79 Å². The van der Waals surface area contributed by atoms with Crippen molar-refractivity contribution in [3.8, 4) is 5.75 Å². The lowest BCUT2D eigenvalue weighted by atomic mass is 10.0. The van der Waals surface area contributed by atoms with E-state index < -0.39 is 5.79 Å². The van der Waals surface area contributed by atoms with Gasteiger partial charge in [-0.2, -0.15) is 0 Å². The van der Waals surface area contributed by atoms with Crippen LogP contribution in [0.5, 0.6) is 5.75 Å². The van der Waals surface area contributed by atoms with Gasteiger partial charge in [-0.1, -0.05) is 6.92 Å². The van der Waals surface area contributed by atoms with Gasteiger partial charge in [-0.3, -0.25) is 0 Å². The molecule has 2 rings (SSSR count). The fraction of sp³-hybridized carbons (Fsp3) is 0.571. The molecule has 17 heavy (non-hydrogen) atoms. The van der Waals surface area contributed by atoms with Crippen LogP contribution in [0.1, 0.15) is 31.4 Å². The molecule has 3 nitrogen and oxygen atoms in total. The van der Waals surface area contributed by atoms with E-state index in [-0.39, 0.29) is 0 Å². The molecule has 1 aliphatic rings. The first-order valence-electron chi connectivity index (χ1n) is 6.17. The molecule has 94 valence electrons. The molecule has 0 unspecified atom stereocenters. The Hall–Kier alpha value is -1.06. The third kappa shape index (κ3) is 2.61. The number of benzene rings is 1. The highest BCUT2D eigenvalue weighted by Gasteiger charge is 2.34. The summed E-state index contributed by atoms with van der Waals surface area (Å²) < 4.78 is 16.9. The van der Waals surface area contributed by atoms with Crippen LogP contribution in [0.25, 0.3) is 0 Å². The largest absolute Gasteiger partial charge is 0.494 e. The van der Waals surface area contributed by atoms with Crippen molar-refractivity contribution in [2.45, 2.75) is 33.0 Å². The lowest BCUT2D eigenvalue weighted by Crippen LogP contribution is -2.23. The Balaban J connectivity index is 2.19. The van der Waals surface area contributed by atoms with Gasteiger partial charge in [-0.15, -0.1) is 0 Å². The molecule has 0 saturated carbocycles. The highest BCUT2D eigenvalue weighted by atomic mass is 16.7. The van der Waals surface area contributed by atoms with E-state index in [2.05, 4.69) is 13.8 Å². The van der Waals surface area contributed by atoms with Crippen molar-refractivity contribution in [3.05, 3.63) is 29.3 Å². The maximum Gasteiger partial charge on any atom is 0.192 e. The Kier molecular flexibility index (Phi) is 3.69. The van der Waals surface area contributed by atoms with Crippen LogP contribution in [0, 0.1) is 6.92 Å². The van der Waals surface area contributed by atoms with E-state index in [1.54, 1.807) is 0 Å². The zero-order chi connectivity index (χ0) is 12.3. The van der Waals surface area contributed by atoms with Gasteiger partial charge in [0.1, 0.15) is 5.75 Å². The Bertz CT molecular complexity index is 381. The summed E-state index contributed by atoms with van der Waals surface area (Å²) in [5.41, 5.74) is 2.22. The molecule has 1 aliphatic heterocycles. The molecule has 1 fully saturated rings. The standard InChI is InChI=1S/C14H20O3/c1-4-7-15-12-5-6-13(11(2)10-12)14(3)16-8-9-17-14/h5-6,10H,4,7-9H2,1-3H3. The normalized spacial score (nSPS) is 18.3. The van der Waals surface area contributed by atoms with Crippen molar-refractivity contribution in [1.29, 1.82) is 0 Å². The zero-order valence-corrected chi connectivity index (χ0v) is 10.8. The van der Waals surface area contributed by atoms with Gasteiger partial charge in [0.05, 0.1) is 19.8 Å². The summed E-state index contributed by atoms with van der Waals surface area (Å²) in [5, 5.41) is 0.